The predicted molar refractivity (Wildman–Crippen MR) is 121 cm³/mol. The Morgan fingerprint density at radius 3 is 2.06 bits per heavy atom. The molecule has 0 aromatic heterocycles. The van der Waals surface area contributed by atoms with Gasteiger partial charge >= 0.3 is 18.0 Å². The molecule has 1 aromatic rings. The first kappa shape index (κ1) is 28.7. The SMILES string of the molecule is CC(C)(C)OC(=O)CC[C@H](NC(=O)OC(C)(C)C)C(=O)OCc1ccc(CCO[N+](=O)[O-])cc1. The second-order valence-corrected chi connectivity index (χ2v) is 9.55. The molecule has 0 radical (unpaired) electrons. The van der Waals surface area contributed by atoms with E-state index in [2.05, 4.69) is 10.2 Å². The van der Waals surface area contributed by atoms with Crippen molar-refractivity contribution in [1.29, 1.82) is 0 Å². The third kappa shape index (κ3) is 13.2. The minimum Gasteiger partial charge on any atom is -0.460 e. The maximum Gasteiger partial charge on any atom is 0.408 e. The number of rotatable bonds is 11. The number of hydrogen-bond donors (Lipinski definition) is 1. The van der Waals surface area contributed by atoms with Crippen LogP contribution >= 0.6 is 0 Å². The number of amides is 1. The molecule has 0 spiro atoms. The van der Waals surface area contributed by atoms with Crippen molar-refractivity contribution in [2.24, 2.45) is 0 Å². The van der Waals surface area contributed by atoms with Gasteiger partial charge in [-0.3, -0.25) is 4.79 Å². The number of carbonyl (C=O) groups excluding carboxylic acids is 3. The molecule has 0 fully saturated rings. The van der Waals surface area contributed by atoms with Gasteiger partial charge in [0.05, 0.1) is 0 Å². The van der Waals surface area contributed by atoms with Crippen LogP contribution in [-0.2, 0) is 41.7 Å². The highest BCUT2D eigenvalue weighted by atomic mass is 16.9. The van der Waals surface area contributed by atoms with Gasteiger partial charge in [-0.2, -0.15) is 0 Å². The fourth-order valence-corrected chi connectivity index (χ4v) is 2.65. The molecule has 0 aliphatic rings. The summed E-state index contributed by atoms with van der Waals surface area (Å²) < 4.78 is 15.8. The molecule has 1 aromatic carbocycles. The monoisotopic (exact) mass is 482 g/mol. The summed E-state index contributed by atoms with van der Waals surface area (Å²) in [5.41, 5.74) is 0.0536. The van der Waals surface area contributed by atoms with Gasteiger partial charge in [-0.1, -0.05) is 24.3 Å². The Hall–Kier alpha value is -3.37. The van der Waals surface area contributed by atoms with Gasteiger partial charge in [0.1, 0.15) is 30.5 Å². The summed E-state index contributed by atoms with van der Waals surface area (Å²) in [5.74, 6) is -1.23. The van der Waals surface area contributed by atoms with Crippen molar-refractivity contribution in [3.05, 3.63) is 45.5 Å². The van der Waals surface area contributed by atoms with E-state index in [-0.39, 0.29) is 26.1 Å². The van der Waals surface area contributed by atoms with E-state index in [0.717, 1.165) is 5.56 Å². The first-order chi connectivity index (χ1) is 15.6. The molecule has 34 heavy (non-hydrogen) atoms. The Morgan fingerprint density at radius 2 is 1.53 bits per heavy atom. The number of nitrogens with zero attached hydrogens (tertiary/aromatic N) is 1. The molecule has 1 atom stereocenters. The lowest BCUT2D eigenvalue weighted by Gasteiger charge is -2.23. The number of ether oxygens (including phenoxy) is 3. The maximum absolute atomic E-state index is 12.7. The maximum atomic E-state index is 12.7. The normalized spacial score (nSPS) is 12.3. The lowest BCUT2D eigenvalue weighted by molar-refractivity contribution is -0.757. The van der Waals surface area contributed by atoms with Crippen molar-refractivity contribution in [1.82, 2.24) is 5.32 Å². The van der Waals surface area contributed by atoms with E-state index in [1.165, 1.54) is 0 Å². The van der Waals surface area contributed by atoms with Crippen molar-refractivity contribution in [2.75, 3.05) is 6.61 Å². The zero-order valence-corrected chi connectivity index (χ0v) is 20.5. The Balaban J connectivity index is 2.71. The fraction of sp³-hybridized carbons (Fsp3) is 0.609. The van der Waals surface area contributed by atoms with Gasteiger partial charge in [-0.15, -0.1) is 10.1 Å². The largest absolute Gasteiger partial charge is 0.460 e. The van der Waals surface area contributed by atoms with E-state index in [4.69, 9.17) is 14.2 Å². The molecule has 0 unspecified atom stereocenters. The minimum absolute atomic E-state index is 0.0254. The van der Waals surface area contributed by atoms with Crippen LogP contribution in [0, 0.1) is 10.1 Å². The van der Waals surface area contributed by atoms with Crippen LogP contribution in [0.2, 0.25) is 0 Å². The van der Waals surface area contributed by atoms with Gasteiger partial charge in [0, 0.05) is 6.42 Å². The molecule has 0 saturated heterocycles. The Labute approximate surface area is 199 Å². The summed E-state index contributed by atoms with van der Waals surface area (Å²) in [5, 5.41) is 11.8. The van der Waals surface area contributed by atoms with Crippen LogP contribution in [0.5, 0.6) is 0 Å². The number of hydrogen-bond acceptors (Lipinski definition) is 9. The van der Waals surface area contributed by atoms with E-state index < -0.39 is 40.4 Å². The average molecular weight is 483 g/mol. The molecule has 0 heterocycles. The zero-order chi connectivity index (χ0) is 25.9. The van der Waals surface area contributed by atoms with Crippen LogP contribution in [-0.4, -0.2) is 47.0 Å². The summed E-state index contributed by atoms with van der Waals surface area (Å²) in [6.45, 7) is 10.1. The molecule has 0 aliphatic carbocycles. The van der Waals surface area contributed by atoms with Crippen LogP contribution in [0.15, 0.2) is 24.3 Å². The molecule has 11 heteroatoms. The van der Waals surface area contributed by atoms with Crippen molar-refractivity contribution in [3.8, 4) is 0 Å². The second kappa shape index (κ2) is 12.8. The summed E-state index contributed by atoms with van der Waals surface area (Å²) in [6.07, 6.45) is -0.580. The highest BCUT2D eigenvalue weighted by Crippen LogP contribution is 2.13. The predicted octanol–water partition coefficient (Wildman–Crippen LogP) is 3.50. The molecule has 1 rings (SSSR count). The van der Waals surface area contributed by atoms with Crippen molar-refractivity contribution >= 4 is 18.0 Å². The smallest absolute Gasteiger partial charge is 0.408 e. The summed E-state index contributed by atoms with van der Waals surface area (Å²) in [6, 6.07) is 5.80. The third-order valence-electron chi connectivity index (χ3n) is 4.02. The first-order valence-electron chi connectivity index (χ1n) is 10.9. The van der Waals surface area contributed by atoms with E-state index in [1.807, 2.05) is 0 Å². The zero-order valence-electron chi connectivity index (χ0n) is 20.5. The standard InChI is InChI=1S/C23H34N2O9/c1-22(2,3)33-19(26)12-11-18(24-21(28)34-23(4,5)6)20(27)31-15-17-9-7-16(8-10-17)13-14-32-25(29)30/h7-10,18H,11-15H2,1-6H3,(H,24,28)/t18-/m0/s1. The van der Waals surface area contributed by atoms with Crippen LogP contribution in [0.25, 0.3) is 0 Å². The average Bonchev–Trinajstić information content (AvgIpc) is 2.67. The fourth-order valence-electron chi connectivity index (χ4n) is 2.65. The number of carbonyl (C=O) groups is 3. The summed E-state index contributed by atoms with van der Waals surface area (Å²) in [7, 11) is 0. The molecule has 1 amide bonds. The van der Waals surface area contributed by atoms with E-state index in [1.54, 1.807) is 65.8 Å². The molecule has 0 bridgehead atoms. The van der Waals surface area contributed by atoms with Crippen LogP contribution in [0.4, 0.5) is 4.79 Å². The first-order valence-corrected chi connectivity index (χ1v) is 10.9. The number of nitrogens with one attached hydrogen (secondary N) is 1. The second-order valence-electron chi connectivity index (χ2n) is 9.55. The molecule has 0 saturated carbocycles. The topological polar surface area (TPSA) is 143 Å². The number of esters is 2. The Kier molecular flexibility index (Phi) is 10.8. The number of alkyl carbamates (subject to hydrolysis) is 1. The van der Waals surface area contributed by atoms with Gasteiger partial charge in [-0.25, -0.2) is 9.59 Å². The lowest BCUT2D eigenvalue weighted by Crippen LogP contribution is -2.44. The van der Waals surface area contributed by atoms with Crippen molar-refractivity contribution in [3.63, 3.8) is 0 Å². The summed E-state index contributed by atoms with van der Waals surface area (Å²) in [4.78, 5) is 51.4. The van der Waals surface area contributed by atoms with E-state index in [9.17, 15) is 24.5 Å². The van der Waals surface area contributed by atoms with Gasteiger partial charge in [0.15, 0.2) is 0 Å². The number of benzene rings is 1. The van der Waals surface area contributed by atoms with Crippen molar-refractivity contribution in [2.45, 2.75) is 84.7 Å². The molecule has 190 valence electrons. The minimum atomic E-state index is -1.11. The quantitative estimate of drug-likeness (QED) is 0.217. The highest BCUT2D eigenvalue weighted by Gasteiger charge is 2.27. The Morgan fingerprint density at radius 1 is 0.971 bits per heavy atom. The molecule has 1 N–H and O–H groups in total. The molecule has 0 aliphatic heterocycles. The summed E-state index contributed by atoms with van der Waals surface area (Å²) >= 11 is 0. The lowest BCUT2D eigenvalue weighted by atomic mass is 10.1. The van der Waals surface area contributed by atoms with Crippen LogP contribution in [0.3, 0.4) is 0 Å². The van der Waals surface area contributed by atoms with Gasteiger partial charge < -0.3 is 24.4 Å². The van der Waals surface area contributed by atoms with Crippen molar-refractivity contribution < 1.29 is 38.5 Å². The highest BCUT2D eigenvalue weighted by molar-refractivity contribution is 5.82. The molecular formula is C23H34N2O9. The molecule has 11 nitrogen and oxygen atoms in total. The van der Waals surface area contributed by atoms with Crippen LogP contribution in [0.1, 0.15) is 65.5 Å². The van der Waals surface area contributed by atoms with Gasteiger partial charge in [0.25, 0.3) is 5.09 Å². The molecular weight excluding hydrogens is 448 g/mol. The van der Waals surface area contributed by atoms with E-state index >= 15 is 0 Å². The van der Waals surface area contributed by atoms with E-state index in [0.29, 0.717) is 12.0 Å². The van der Waals surface area contributed by atoms with Gasteiger partial charge in [0.2, 0.25) is 0 Å². The van der Waals surface area contributed by atoms with Crippen LogP contribution < -0.4 is 5.32 Å². The van der Waals surface area contributed by atoms with Gasteiger partial charge in [-0.05, 0) is 65.5 Å². The Bertz CT molecular complexity index is 839. The third-order valence-corrected chi connectivity index (χ3v) is 4.02.